The lowest BCUT2D eigenvalue weighted by molar-refractivity contribution is 1.14. The van der Waals surface area contributed by atoms with E-state index in [1.54, 1.807) is 0 Å². The number of nitrogens with one attached hydrogen (secondary N) is 1. The second-order valence-corrected chi connectivity index (χ2v) is 4.55. The summed E-state index contributed by atoms with van der Waals surface area (Å²) in [6.45, 7) is 6.08. The Kier molecular flexibility index (Phi) is 7.81. The third kappa shape index (κ3) is 5.39. The highest BCUT2D eigenvalue weighted by atomic mass is 14.3. The zero-order chi connectivity index (χ0) is 15.5. The fourth-order valence-electron chi connectivity index (χ4n) is 2.06. The molecule has 1 heteroatoms. The van der Waals surface area contributed by atoms with Gasteiger partial charge in [0.2, 0.25) is 0 Å². The van der Waals surface area contributed by atoms with Crippen LogP contribution in [0.4, 0.5) is 0 Å². The topological polar surface area (TPSA) is 23.9 Å². The van der Waals surface area contributed by atoms with Gasteiger partial charge in [-0.25, -0.2) is 0 Å². The standard InChI is InChI=1S/C18H19N.C2H6/c1-2-15(14-19)11-12-16-7-6-10-18(13-16)17-8-4-3-5-9-17;1-2/h3-11,13-14,19H,2,12H2,1H3;1-2H3/b15-11-,19-14?;. The first kappa shape index (κ1) is 16.9. The van der Waals surface area contributed by atoms with Crippen molar-refractivity contribution in [1.29, 1.82) is 5.41 Å². The number of rotatable bonds is 5. The summed E-state index contributed by atoms with van der Waals surface area (Å²) >= 11 is 0. The quantitative estimate of drug-likeness (QED) is 0.658. The van der Waals surface area contributed by atoms with E-state index in [0.717, 1.165) is 18.4 Å². The summed E-state index contributed by atoms with van der Waals surface area (Å²) in [7, 11) is 0. The van der Waals surface area contributed by atoms with E-state index in [1.807, 2.05) is 19.9 Å². The van der Waals surface area contributed by atoms with Crippen molar-refractivity contribution in [3.05, 3.63) is 71.8 Å². The van der Waals surface area contributed by atoms with Crippen molar-refractivity contribution in [2.24, 2.45) is 0 Å². The maximum Gasteiger partial charge on any atom is 0.0206 e. The average molecular weight is 279 g/mol. The van der Waals surface area contributed by atoms with Gasteiger partial charge in [0.25, 0.3) is 0 Å². The summed E-state index contributed by atoms with van der Waals surface area (Å²) in [6.07, 6.45) is 5.39. The van der Waals surface area contributed by atoms with Gasteiger partial charge < -0.3 is 5.41 Å². The van der Waals surface area contributed by atoms with Crippen LogP contribution >= 0.6 is 0 Å². The summed E-state index contributed by atoms with van der Waals surface area (Å²) in [5.41, 5.74) is 4.87. The molecule has 2 aromatic rings. The lowest BCUT2D eigenvalue weighted by Gasteiger charge is -2.04. The number of hydrogen-bond donors (Lipinski definition) is 1. The van der Waals surface area contributed by atoms with Gasteiger partial charge in [-0.05, 0) is 35.1 Å². The summed E-state index contributed by atoms with van der Waals surface area (Å²) < 4.78 is 0. The van der Waals surface area contributed by atoms with E-state index < -0.39 is 0 Å². The van der Waals surface area contributed by atoms with Crippen molar-refractivity contribution in [2.45, 2.75) is 33.6 Å². The lowest BCUT2D eigenvalue weighted by atomic mass is 10.0. The van der Waals surface area contributed by atoms with Crippen molar-refractivity contribution in [2.75, 3.05) is 0 Å². The van der Waals surface area contributed by atoms with Gasteiger partial charge in [0.15, 0.2) is 0 Å². The van der Waals surface area contributed by atoms with E-state index in [4.69, 9.17) is 5.41 Å². The summed E-state index contributed by atoms with van der Waals surface area (Å²) in [4.78, 5) is 0. The molecule has 0 aliphatic rings. The van der Waals surface area contributed by atoms with Crippen LogP contribution in [0, 0.1) is 5.41 Å². The van der Waals surface area contributed by atoms with Gasteiger partial charge in [0.1, 0.15) is 0 Å². The van der Waals surface area contributed by atoms with Gasteiger partial charge in [0.05, 0.1) is 0 Å². The first-order chi connectivity index (χ1) is 10.3. The van der Waals surface area contributed by atoms with Crippen LogP contribution in [0.2, 0.25) is 0 Å². The largest absolute Gasteiger partial charge is 0.308 e. The van der Waals surface area contributed by atoms with Gasteiger partial charge >= 0.3 is 0 Å². The molecule has 0 amide bonds. The molecule has 0 aliphatic heterocycles. The van der Waals surface area contributed by atoms with Gasteiger partial charge in [0, 0.05) is 6.21 Å². The maximum atomic E-state index is 7.31. The first-order valence-corrected chi connectivity index (χ1v) is 7.67. The van der Waals surface area contributed by atoms with Crippen LogP contribution in [-0.4, -0.2) is 6.21 Å². The Bertz CT molecular complexity index is 567. The van der Waals surface area contributed by atoms with Crippen LogP contribution in [0.5, 0.6) is 0 Å². The predicted octanol–water partition coefficient (Wildman–Crippen LogP) is 5.91. The minimum Gasteiger partial charge on any atom is -0.308 e. The Morgan fingerprint density at radius 2 is 1.62 bits per heavy atom. The Morgan fingerprint density at radius 1 is 0.952 bits per heavy atom. The molecule has 1 nitrogen and oxygen atoms in total. The van der Waals surface area contributed by atoms with Crippen molar-refractivity contribution in [3.8, 4) is 11.1 Å². The highest BCUT2D eigenvalue weighted by Gasteiger charge is 1.98. The molecule has 0 aromatic heterocycles. The molecular formula is C20H25N. The number of benzene rings is 2. The van der Waals surface area contributed by atoms with Crippen molar-refractivity contribution >= 4 is 6.21 Å². The molecule has 0 bridgehead atoms. The minimum atomic E-state index is 0.888. The molecule has 1 N–H and O–H groups in total. The zero-order valence-corrected chi connectivity index (χ0v) is 13.3. The molecule has 0 spiro atoms. The first-order valence-electron chi connectivity index (χ1n) is 7.67. The molecule has 0 atom stereocenters. The van der Waals surface area contributed by atoms with Gasteiger partial charge in [-0.15, -0.1) is 0 Å². The Labute approximate surface area is 128 Å². The van der Waals surface area contributed by atoms with Gasteiger partial charge in [-0.2, -0.15) is 0 Å². The second-order valence-electron chi connectivity index (χ2n) is 4.55. The molecule has 0 saturated carbocycles. The van der Waals surface area contributed by atoms with Crippen LogP contribution < -0.4 is 0 Å². The monoisotopic (exact) mass is 279 g/mol. The summed E-state index contributed by atoms with van der Waals surface area (Å²) in [5, 5.41) is 7.31. The summed E-state index contributed by atoms with van der Waals surface area (Å²) in [6, 6.07) is 19.0. The van der Waals surface area contributed by atoms with Crippen LogP contribution in [0.15, 0.2) is 66.2 Å². The Hall–Kier alpha value is -2.15. The van der Waals surface area contributed by atoms with E-state index in [0.29, 0.717) is 0 Å². The molecule has 2 aromatic carbocycles. The van der Waals surface area contributed by atoms with E-state index in [9.17, 15) is 0 Å². The van der Waals surface area contributed by atoms with E-state index >= 15 is 0 Å². The lowest BCUT2D eigenvalue weighted by Crippen LogP contribution is -1.87. The van der Waals surface area contributed by atoms with Crippen molar-refractivity contribution < 1.29 is 0 Å². The molecule has 0 radical (unpaired) electrons. The third-order valence-electron chi connectivity index (χ3n) is 3.23. The fourth-order valence-corrected chi connectivity index (χ4v) is 2.06. The van der Waals surface area contributed by atoms with Crippen molar-refractivity contribution in [3.63, 3.8) is 0 Å². The molecule has 110 valence electrons. The molecule has 0 fully saturated rings. The highest BCUT2D eigenvalue weighted by molar-refractivity contribution is 5.75. The fraction of sp³-hybridized carbons (Fsp3) is 0.250. The zero-order valence-electron chi connectivity index (χ0n) is 13.3. The van der Waals surface area contributed by atoms with Crippen LogP contribution in [0.1, 0.15) is 32.8 Å². The SMILES string of the molecule is CC.CC/C(C=N)=C/Cc1cccc(-c2ccccc2)c1. The smallest absolute Gasteiger partial charge is 0.0206 e. The summed E-state index contributed by atoms with van der Waals surface area (Å²) in [5.74, 6) is 0. The molecular weight excluding hydrogens is 254 g/mol. The molecule has 0 heterocycles. The van der Waals surface area contributed by atoms with Gasteiger partial charge in [-0.1, -0.05) is 81.4 Å². The highest BCUT2D eigenvalue weighted by Crippen LogP contribution is 2.20. The average Bonchev–Trinajstić information content (AvgIpc) is 2.59. The molecule has 0 unspecified atom stereocenters. The van der Waals surface area contributed by atoms with Gasteiger partial charge in [-0.3, -0.25) is 0 Å². The molecule has 21 heavy (non-hydrogen) atoms. The van der Waals surface area contributed by atoms with Crippen LogP contribution in [0.25, 0.3) is 11.1 Å². The third-order valence-corrected chi connectivity index (χ3v) is 3.23. The van der Waals surface area contributed by atoms with Crippen LogP contribution in [-0.2, 0) is 6.42 Å². The van der Waals surface area contributed by atoms with Crippen molar-refractivity contribution in [1.82, 2.24) is 0 Å². The van der Waals surface area contributed by atoms with E-state index in [2.05, 4.69) is 61.5 Å². The normalized spacial score (nSPS) is 10.5. The predicted molar refractivity (Wildman–Crippen MR) is 94.1 cm³/mol. The van der Waals surface area contributed by atoms with E-state index in [1.165, 1.54) is 22.9 Å². The second kappa shape index (κ2) is 9.71. The maximum absolute atomic E-state index is 7.31. The minimum absolute atomic E-state index is 0.888. The number of allylic oxidation sites excluding steroid dienone is 2. The molecule has 0 aliphatic carbocycles. The van der Waals surface area contributed by atoms with E-state index in [-0.39, 0.29) is 0 Å². The number of hydrogen-bond acceptors (Lipinski definition) is 1. The molecule has 0 saturated heterocycles. The van der Waals surface area contributed by atoms with Crippen LogP contribution in [0.3, 0.4) is 0 Å². The Morgan fingerprint density at radius 3 is 2.24 bits per heavy atom. The Balaban J connectivity index is 0.00000106. The molecule has 2 rings (SSSR count).